The molecule has 20 heavy (non-hydrogen) atoms. The van der Waals surface area contributed by atoms with Gasteiger partial charge in [0.2, 0.25) is 0 Å². The van der Waals surface area contributed by atoms with Gasteiger partial charge in [-0.2, -0.15) is 5.26 Å². The van der Waals surface area contributed by atoms with E-state index < -0.39 is 0 Å². The highest BCUT2D eigenvalue weighted by Crippen LogP contribution is 2.24. The summed E-state index contributed by atoms with van der Waals surface area (Å²) in [5, 5.41) is 12.1. The Balaban J connectivity index is 2.12. The van der Waals surface area contributed by atoms with Gasteiger partial charge in [-0.15, -0.1) is 0 Å². The maximum Gasteiger partial charge on any atom is 0.127 e. The summed E-state index contributed by atoms with van der Waals surface area (Å²) in [5.74, 6) is 1.54. The molecule has 1 unspecified atom stereocenters. The monoisotopic (exact) mass is 266 g/mol. The first-order chi connectivity index (χ1) is 9.72. The van der Waals surface area contributed by atoms with Crippen LogP contribution in [0.5, 0.6) is 11.5 Å². The molecule has 0 heterocycles. The highest BCUT2D eigenvalue weighted by molar-refractivity contribution is 5.38. The van der Waals surface area contributed by atoms with Crippen molar-refractivity contribution in [2.24, 2.45) is 0 Å². The second-order valence-electron chi connectivity index (χ2n) is 4.59. The van der Waals surface area contributed by atoms with Crippen LogP contribution in [0.2, 0.25) is 0 Å². The van der Waals surface area contributed by atoms with E-state index in [0.717, 1.165) is 18.0 Å². The molecule has 2 aromatic rings. The third kappa shape index (κ3) is 3.59. The molecule has 0 fully saturated rings. The van der Waals surface area contributed by atoms with Crippen LogP contribution in [-0.2, 0) is 0 Å². The molecule has 0 aliphatic carbocycles. The summed E-state index contributed by atoms with van der Waals surface area (Å²) in [7, 11) is 0. The number of hydrogen-bond acceptors (Lipinski definition) is 3. The predicted octanol–water partition coefficient (Wildman–Crippen LogP) is 4.02. The van der Waals surface area contributed by atoms with E-state index in [-0.39, 0.29) is 0 Å². The van der Waals surface area contributed by atoms with Crippen molar-refractivity contribution in [1.29, 1.82) is 5.26 Å². The number of ether oxygens (including phenoxy) is 1. The summed E-state index contributed by atoms with van der Waals surface area (Å²) in [4.78, 5) is 0. The van der Waals surface area contributed by atoms with Crippen LogP contribution in [0.3, 0.4) is 0 Å². The normalized spacial score (nSPS) is 11.7. The van der Waals surface area contributed by atoms with Gasteiger partial charge in [-0.05, 0) is 55.4 Å². The van der Waals surface area contributed by atoms with Gasteiger partial charge in [0.15, 0.2) is 0 Å². The lowest BCUT2D eigenvalue weighted by molar-refractivity contribution is 0.480. The number of hydrogen-bond donors (Lipinski definition) is 1. The van der Waals surface area contributed by atoms with E-state index in [4.69, 9.17) is 10.00 Å². The van der Waals surface area contributed by atoms with E-state index in [1.165, 1.54) is 5.56 Å². The number of benzene rings is 2. The average molecular weight is 266 g/mol. The summed E-state index contributed by atoms with van der Waals surface area (Å²) < 4.78 is 5.81. The van der Waals surface area contributed by atoms with Gasteiger partial charge in [-0.25, -0.2) is 0 Å². The van der Waals surface area contributed by atoms with Gasteiger partial charge in [0.1, 0.15) is 11.5 Å². The highest BCUT2D eigenvalue weighted by atomic mass is 16.5. The first-order valence-electron chi connectivity index (χ1n) is 6.74. The lowest BCUT2D eigenvalue weighted by Gasteiger charge is -2.14. The summed E-state index contributed by atoms with van der Waals surface area (Å²) in [6, 6.07) is 17.5. The van der Waals surface area contributed by atoms with Crippen LogP contribution in [0.15, 0.2) is 48.5 Å². The number of nitrogens with zero attached hydrogens (tertiary/aromatic N) is 1. The van der Waals surface area contributed by atoms with E-state index >= 15 is 0 Å². The molecule has 0 bridgehead atoms. The molecule has 1 atom stereocenters. The number of rotatable bonds is 5. The topological polar surface area (TPSA) is 45.0 Å². The molecule has 3 nitrogen and oxygen atoms in total. The first-order valence-corrected chi connectivity index (χ1v) is 6.74. The van der Waals surface area contributed by atoms with Crippen molar-refractivity contribution in [2.75, 3.05) is 6.54 Å². The smallest absolute Gasteiger partial charge is 0.127 e. The van der Waals surface area contributed by atoms with E-state index in [1.807, 2.05) is 18.2 Å². The van der Waals surface area contributed by atoms with Crippen LogP contribution in [0, 0.1) is 11.3 Å². The highest BCUT2D eigenvalue weighted by Gasteiger charge is 2.05. The molecule has 0 saturated heterocycles. The molecule has 102 valence electrons. The van der Waals surface area contributed by atoms with Crippen LogP contribution in [-0.4, -0.2) is 6.54 Å². The van der Waals surface area contributed by atoms with Gasteiger partial charge in [0.25, 0.3) is 0 Å². The average Bonchev–Trinajstić information content (AvgIpc) is 2.48. The molecule has 1 N–H and O–H groups in total. The molecule has 0 amide bonds. The van der Waals surface area contributed by atoms with Crippen molar-refractivity contribution in [1.82, 2.24) is 5.32 Å². The van der Waals surface area contributed by atoms with Gasteiger partial charge in [-0.3, -0.25) is 0 Å². The van der Waals surface area contributed by atoms with Crippen LogP contribution in [0.1, 0.15) is 31.0 Å². The molecule has 0 spiro atoms. The zero-order valence-corrected chi connectivity index (χ0v) is 11.8. The summed E-state index contributed by atoms with van der Waals surface area (Å²) in [6.45, 7) is 5.15. The minimum absolute atomic E-state index is 0.296. The first kappa shape index (κ1) is 14.1. The summed E-state index contributed by atoms with van der Waals surface area (Å²) in [6.07, 6.45) is 0. The van der Waals surface area contributed by atoms with Crippen molar-refractivity contribution >= 4 is 0 Å². The largest absolute Gasteiger partial charge is 0.457 e. The Morgan fingerprint density at radius 1 is 1.15 bits per heavy atom. The van der Waals surface area contributed by atoms with Gasteiger partial charge in [-0.1, -0.05) is 19.1 Å². The standard InChI is InChI=1S/C17H18N2O/c1-3-19-13(2)15-5-4-6-17(11-15)20-16-9-7-14(12-18)8-10-16/h4-11,13,19H,3H2,1-2H3. The summed E-state index contributed by atoms with van der Waals surface area (Å²) >= 11 is 0. The van der Waals surface area contributed by atoms with Crippen LogP contribution < -0.4 is 10.1 Å². The number of nitriles is 1. The van der Waals surface area contributed by atoms with Crippen LogP contribution in [0.25, 0.3) is 0 Å². The minimum Gasteiger partial charge on any atom is -0.457 e. The lowest BCUT2D eigenvalue weighted by Crippen LogP contribution is -2.17. The minimum atomic E-state index is 0.296. The molecule has 2 rings (SSSR count). The van der Waals surface area contributed by atoms with Crippen LogP contribution in [0.4, 0.5) is 0 Å². The van der Waals surface area contributed by atoms with Gasteiger partial charge in [0.05, 0.1) is 11.6 Å². The van der Waals surface area contributed by atoms with Crippen LogP contribution >= 0.6 is 0 Å². The third-order valence-electron chi connectivity index (χ3n) is 3.09. The molecule has 0 radical (unpaired) electrons. The van der Waals surface area contributed by atoms with Crippen molar-refractivity contribution in [3.8, 4) is 17.6 Å². The molecule has 0 saturated carbocycles. The molecule has 3 heteroatoms. The van der Waals surface area contributed by atoms with Crippen molar-refractivity contribution in [3.05, 3.63) is 59.7 Å². The maximum atomic E-state index is 8.77. The van der Waals surface area contributed by atoms with E-state index in [0.29, 0.717) is 11.6 Å². The van der Waals surface area contributed by atoms with E-state index in [2.05, 4.69) is 31.3 Å². The Labute approximate surface area is 119 Å². The maximum absolute atomic E-state index is 8.77. The Kier molecular flexibility index (Phi) is 4.75. The van der Waals surface area contributed by atoms with Gasteiger partial charge >= 0.3 is 0 Å². The molecular weight excluding hydrogens is 248 g/mol. The molecule has 2 aromatic carbocycles. The van der Waals surface area contributed by atoms with E-state index in [9.17, 15) is 0 Å². The molecular formula is C17H18N2O. The van der Waals surface area contributed by atoms with Crippen molar-refractivity contribution < 1.29 is 4.74 Å². The van der Waals surface area contributed by atoms with Gasteiger partial charge in [0, 0.05) is 6.04 Å². The zero-order chi connectivity index (χ0) is 14.4. The van der Waals surface area contributed by atoms with Crippen molar-refractivity contribution in [2.45, 2.75) is 19.9 Å². The fraction of sp³-hybridized carbons (Fsp3) is 0.235. The second-order valence-corrected chi connectivity index (χ2v) is 4.59. The Hall–Kier alpha value is -2.31. The molecule has 0 aliphatic rings. The Morgan fingerprint density at radius 3 is 2.55 bits per heavy atom. The lowest BCUT2D eigenvalue weighted by atomic mass is 10.1. The predicted molar refractivity (Wildman–Crippen MR) is 79.8 cm³/mol. The van der Waals surface area contributed by atoms with E-state index in [1.54, 1.807) is 24.3 Å². The Bertz CT molecular complexity index is 599. The fourth-order valence-corrected chi connectivity index (χ4v) is 2.01. The van der Waals surface area contributed by atoms with Gasteiger partial charge < -0.3 is 10.1 Å². The third-order valence-corrected chi connectivity index (χ3v) is 3.09. The molecule has 0 aromatic heterocycles. The SMILES string of the molecule is CCNC(C)c1cccc(Oc2ccc(C#N)cc2)c1. The number of nitrogens with one attached hydrogen (secondary N) is 1. The second kappa shape index (κ2) is 6.74. The van der Waals surface area contributed by atoms with Crippen molar-refractivity contribution in [3.63, 3.8) is 0 Å². The quantitative estimate of drug-likeness (QED) is 0.889. The fourth-order valence-electron chi connectivity index (χ4n) is 2.01. The zero-order valence-electron chi connectivity index (χ0n) is 11.8. The molecule has 0 aliphatic heterocycles. The Morgan fingerprint density at radius 2 is 1.90 bits per heavy atom. The summed E-state index contributed by atoms with van der Waals surface area (Å²) in [5.41, 5.74) is 1.82.